The molecule has 0 unspecified atom stereocenters. The standard InChI is InChI=1S/C22H20BrN3O4S/c23-19-10-12-20(13-11-19)31(29,30)26(15-17-6-2-1-3-7-17)16-22(28)25-24-14-18-8-4-5-9-21(18)27/h1-14,27H,15-16H2,(H,25,28). The summed E-state index contributed by atoms with van der Waals surface area (Å²) in [6, 6.07) is 21.7. The molecule has 0 spiro atoms. The fraction of sp³-hybridized carbons (Fsp3) is 0.0909. The number of hydrogen-bond donors (Lipinski definition) is 2. The van der Waals surface area contributed by atoms with Crippen LogP contribution < -0.4 is 5.43 Å². The summed E-state index contributed by atoms with van der Waals surface area (Å²) in [6.07, 6.45) is 1.29. The Hall–Kier alpha value is -3.01. The predicted octanol–water partition coefficient (Wildman–Crippen LogP) is 3.50. The van der Waals surface area contributed by atoms with E-state index >= 15 is 0 Å². The van der Waals surface area contributed by atoms with Crippen molar-refractivity contribution in [2.45, 2.75) is 11.4 Å². The lowest BCUT2D eigenvalue weighted by atomic mass is 10.2. The molecule has 0 aliphatic carbocycles. The first-order valence-corrected chi connectivity index (χ1v) is 11.5. The van der Waals surface area contributed by atoms with E-state index in [-0.39, 0.29) is 17.2 Å². The number of phenolic OH excluding ortho intramolecular Hbond substituents is 1. The predicted molar refractivity (Wildman–Crippen MR) is 122 cm³/mol. The summed E-state index contributed by atoms with van der Waals surface area (Å²) >= 11 is 3.29. The molecule has 0 aliphatic heterocycles. The summed E-state index contributed by atoms with van der Waals surface area (Å²) in [7, 11) is -3.94. The van der Waals surface area contributed by atoms with Gasteiger partial charge in [0.25, 0.3) is 5.91 Å². The molecule has 0 saturated carbocycles. The number of amides is 1. The zero-order valence-corrected chi connectivity index (χ0v) is 18.8. The van der Waals surface area contributed by atoms with Crippen molar-refractivity contribution < 1.29 is 18.3 Å². The third-order valence-corrected chi connectivity index (χ3v) is 6.64. The quantitative estimate of drug-likeness (QED) is 0.364. The minimum atomic E-state index is -3.94. The third-order valence-electron chi connectivity index (χ3n) is 4.30. The van der Waals surface area contributed by atoms with Crippen molar-refractivity contribution in [2.24, 2.45) is 5.10 Å². The van der Waals surface area contributed by atoms with E-state index < -0.39 is 22.5 Å². The highest BCUT2D eigenvalue weighted by Crippen LogP contribution is 2.20. The molecule has 3 aromatic carbocycles. The molecule has 3 rings (SSSR count). The number of hydrazone groups is 1. The Labute approximate surface area is 189 Å². The van der Waals surface area contributed by atoms with Crippen LogP contribution in [0.3, 0.4) is 0 Å². The molecule has 1 amide bonds. The molecule has 0 radical (unpaired) electrons. The Morgan fingerprint density at radius 3 is 2.32 bits per heavy atom. The lowest BCUT2D eigenvalue weighted by Gasteiger charge is -2.21. The Bertz CT molecular complexity index is 1170. The largest absolute Gasteiger partial charge is 0.507 e. The molecule has 0 saturated heterocycles. The number of nitrogens with zero attached hydrogens (tertiary/aromatic N) is 2. The lowest BCUT2D eigenvalue weighted by Crippen LogP contribution is -2.39. The number of nitrogens with one attached hydrogen (secondary N) is 1. The van der Waals surface area contributed by atoms with E-state index in [4.69, 9.17) is 0 Å². The van der Waals surface area contributed by atoms with Crippen molar-refractivity contribution >= 4 is 38.1 Å². The second-order valence-electron chi connectivity index (χ2n) is 6.56. The Balaban J connectivity index is 1.78. The highest BCUT2D eigenvalue weighted by molar-refractivity contribution is 9.10. The molecular weight excluding hydrogens is 482 g/mol. The van der Waals surface area contributed by atoms with Crippen LogP contribution in [0, 0.1) is 0 Å². The van der Waals surface area contributed by atoms with Gasteiger partial charge in [-0.25, -0.2) is 13.8 Å². The first-order valence-electron chi connectivity index (χ1n) is 9.26. The molecule has 0 fully saturated rings. The fourth-order valence-corrected chi connectivity index (χ4v) is 4.38. The van der Waals surface area contributed by atoms with Gasteiger partial charge in [-0.15, -0.1) is 0 Å². The van der Waals surface area contributed by atoms with Crippen LogP contribution in [0.25, 0.3) is 0 Å². The van der Waals surface area contributed by atoms with Crippen LogP contribution in [-0.2, 0) is 21.4 Å². The molecular formula is C22H20BrN3O4S. The van der Waals surface area contributed by atoms with E-state index in [9.17, 15) is 18.3 Å². The molecule has 0 atom stereocenters. The van der Waals surface area contributed by atoms with Gasteiger partial charge < -0.3 is 5.11 Å². The molecule has 7 nitrogen and oxygen atoms in total. The van der Waals surface area contributed by atoms with Crippen molar-refractivity contribution in [1.82, 2.24) is 9.73 Å². The van der Waals surface area contributed by atoms with Gasteiger partial charge in [-0.05, 0) is 42.0 Å². The van der Waals surface area contributed by atoms with Crippen LogP contribution in [-0.4, -0.2) is 36.5 Å². The van der Waals surface area contributed by atoms with Crippen molar-refractivity contribution in [3.63, 3.8) is 0 Å². The second kappa shape index (κ2) is 10.3. The van der Waals surface area contributed by atoms with E-state index in [1.807, 2.05) is 6.07 Å². The van der Waals surface area contributed by atoms with Crippen LogP contribution in [0.5, 0.6) is 5.75 Å². The van der Waals surface area contributed by atoms with Crippen molar-refractivity contribution in [3.05, 3.63) is 94.5 Å². The maximum Gasteiger partial charge on any atom is 0.255 e. The molecule has 2 N–H and O–H groups in total. The minimum absolute atomic E-state index is 0.0176. The Morgan fingerprint density at radius 1 is 1.00 bits per heavy atom. The highest BCUT2D eigenvalue weighted by atomic mass is 79.9. The number of carbonyl (C=O) groups is 1. The van der Waals surface area contributed by atoms with E-state index in [0.717, 1.165) is 14.3 Å². The normalized spacial score (nSPS) is 11.7. The summed E-state index contributed by atoms with van der Waals surface area (Å²) in [6.45, 7) is -0.402. The van der Waals surface area contributed by atoms with Gasteiger partial charge in [-0.3, -0.25) is 4.79 Å². The zero-order valence-electron chi connectivity index (χ0n) is 16.3. The maximum absolute atomic E-state index is 13.2. The maximum atomic E-state index is 13.2. The molecule has 31 heavy (non-hydrogen) atoms. The molecule has 0 aromatic heterocycles. The lowest BCUT2D eigenvalue weighted by molar-refractivity contribution is -0.121. The van der Waals surface area contributed by atoms with Crippen molar-refractivity contribution in [2.75, 3.05) is 6.54 Å². The summed E-state index contributed by atoms with van der Waals surface area (Å²) in [5, 5.41) is 13.6. The molecule has 0 heterocycles. The van der Waals surface area contributed by atoms with Crippen LogP contribution >= 0.6 is 15.9 Å². The van der Waals surface area contributed by atoms with Crippen molar-refractivity contribution in [1.29, 1.82) is 0 Å². The number of rotatable bonds is 8. The highest BCUT2D eigenvalue weighted by Gasteiger charge is 2.26. The fourth-order valence-electron chi connectivity index (χ4n) is 2.73. The van der Waals surface area contributed by atoms with Gasteiger partial charge in [0.15, 0.2) is 0 Å². The van der Waals surface area contributed by atoms with Crippen LogP contribution in [0.15, 0.2) is 93.3 Å². The first kappa shape index (κ1) is 22.7. The number of halogens is 1. The number of sulfonamides is 1. The van der Waals surface area contributed by atoms with Crippen LogP contribution in [0.4, 0.5) is 0 Å². The minimum Gasteiger partial charge on any atom is -0.507 e. The molecule has 0 bridgehead atoms. The average Bonchev–Trinajstić information content (AvgIpc) is 2.76. The van der Waals surface area contributed by atoms with E-state index in [1.165, 1.54) is 24.4 Å². The number of phenols is 1. The van der Waals surface area contributed by atoms with E-state index in [0.29, 0.717) is 5.56 Å². The number of hydrogen-bond acceptors (Lipinski definition) is 5. The summed E-state index contributed by atoms with van der Waals surface area (Å²) in [5.41, 5.74) is 3.48. The monoisotopic (exact) mass is 501 g/mol. The third kappa shape index (κ3) is 6.24. The smallest absolute Gasteiger partial charge is 0.255 e. The van der Waals surface area contributed by atoms with Gasteiger partial charge >= 0.3 is 0 Å². The van der Waals surface area contributed by atoms with Gasteiger partial charge in [0.1, 0.15) is 5.75 Å². The van der Waals surface area contributed by atoms with Gasteiger partial charge in [0.2, 0.25) is 10.0 Å². The number of benzene rings is 3. The molecule has 3 aromatic rings. The van der Waals surface area contributed by atoms with Crippen LogP contribution in [0.1, 0.15) is 11.1 Å². The zero-order chi connectivity index (χ0) is 22.3. The van der Waals surface area contributed by atoms with Gasteiger partial charge in [0, 0.05) is 16.6 Å². The second-order valence-corrected chi connectivity index (χ2v) is 9.42. The average molecular weight is 502 g/mol. The number of aromatic hydroxyl groups is 1. The Kier molecular flexibility index (Phi) is 7.56. The summed E-state index contributed by atoms with van der Waals surface area (Å²) in [5.74, 6) is -0.590. The van der Waals surface area contributed by atoms with Gasteiger partial charge in [-0.1, -0.05) is 58.4 Å². The number of carbonyl (C=O) groups excluding carboxylic acids is 1. The SMILES string of the molecule is O=C(CN(Cc1ccccc1)S(=O)(=O)c1ccc(Br)cc1)NN=Cc1ccccc1O. The van der Waals surface area contributed by atoms with E-state index in [2.05, 4.69) is 26.5 Å². The van der Waals surface area contributed by atoms with Gasteiger partial charge in [0.05, 0.1) is 17.7 Å². The molecule has 160 valence electrons. The number of para-hydroxylation sites is 1. The van der Waals surface area contributed by atoms with Crippen LogP contribution in [0.2, 0.25) is 0 Å². The summed E-state index contributed by atoms with van der Waals surface area (Å²) < 4.78 is 28.2. The first-order chi connectivity index (χ1) is 14.9. The Morgan fingerprint density at radius 2 is 1.65 bits per heavy atom. The van der Waals surface area contributed by atoms with Gasteiger partial charge in [-0.2, -0.15) is 9.41 Å². The molecule has 9 heteroatoms. The summed E-state index contributed by atoms with van der Waals surface area (Å²) in [4.78, 5) is 12.5. The topological polar surface area (TPSA) is 99.1 Å². The van der Waals surface area contributed by atoms with E-state index in [1.54, 1.807) is 54.6 Å². The van der Waals surface area contributed by atoms with Crippen molar-refractivity contribution in [3.8, 4) is 5.75 Å². The molecule has 0 aliphatic rings.